The van der Waals surface area contributed by atoms with E-state index in [-0.39, 0.29) is 18.6 Å². The number of aromatic nitrogens is 1. The summed E-state index contributed by atoms with van der Waals surface area (Å²) in [5, 5.41) is 2.92. The van der Waals surface area contributed by atoms with Gasteiger partial charge in [0.2, 0.25) is 5.88 Å². The number of nitrogens with zero attached hydrogens (tertiary/aromatic N) is 2. The normalized spacial score (nSPS) is 12.9. The summed E-state index contributed by atoms with van der Waals surface area (Å²) in [5.74, 6) is 0.704. The Kier molecular flexibility index (Phi) is 6.67. The number of para-hydroxylation sites is 1. The maximum atomic E-state index is 12.8. The summed E-state index contributed by atoms with van der Waals surface area (Å²) in [4.78, 5) is 30.7. The van der Waals surface area contributed by atoms with Crippen molar-refractivity contribution in [2.75, 3.05) is 37.1 Å². The monoisotopic (exact) mass is 461 g/mol. The first-order valence-corrected chi connectivity index (χ1v) is 11.0. The summed E-state index contributed by atoms with van der Waals surface area (Å²) in [6, 6.07) is 18.5. The summed E-state index contributed by atoms with van der Waals surface area (Å²) in [6.45, 7) is 4.52. The molecule has 2 heterocycles. The molecule has 0 unspecified atom stereocenters. The van der Waals surface area contributed by atoms with Crippen molar-refractivity contribution < 1.29 is 23.8 Å². The number of methoxy groups -OCH3 is 1. The van der Waals surface area contributed by atoms with Crippen LogP contribution in [0.3, 0.4) is 0 Å². The number of anilines is 2. The van der Waals surface area contributed by atoms with Crippen molar-refractivity contribution >= 4 is 23.4 Å². The van der Waals surface area contributed by atoms with Gasteiger partial charge in [-0.3, -0.25) is 9.69 Å². The van der Waals surface area contributed by atoms with Crippen LogP contribution in [0, 0.1) is 5.41 Å². The van der Waals surface area contributed by atoms with Crippen molar-refractivity contribution in [3.05, 3.63) is 66.9 Å². The molecule has 0 radical (unpaired) electrons. The third-order valence-corrected chi connectivity index (χ3v) is 5.48. The number of carbonyl (C=O) groups excluding carboxylic acids is 2. The summed E-state index contributed by atoms with van der Waals surface area (Å²) >= 11 is 0. The molecule has 3 aromatic rings. The van der Waals surface area contributed by atoms with Crippen molar-refractivity contribution in [2.24, 2.45) is 5.41 Å². The average Bonchev–Trinajstić information content (AvgIpc) is 2.87. The van der Waals surface area contributed by atoms with Gasteiger partial charge in [0.1, 0.15) is 19.0 Å². The average molecular weight is 462 g/mol. The van der Waals surface area contributed by atoms with E-state index in [4.69, 9.17) is 14.2 Å². The van der Waals surface area contributed by atoms with Crippen LogP contribution in [-0.4, -0.2) is 43.9 Å². The van der Waals surface area contributed by atoms with Gasteiger partial charge in [-0.2, -0.15) is 0 Å². The fraction of sp³-hybridized carbons (Fsp3) is 0.269. The molecule has 1 aliphatic heterocycles. The van der Waals surface area contributed by atoms with Gasteiger partial charge in [-0.1, -0.05) is 24.3 Å². The molecule has 0 bridgehead atoms. The number of benzene rings is 2. The second-order valence-electron chi connectivity index (χ2n) is 8.53. The molecule has 176 valence electrons. The predicted molar refractivity (Wildman–Crippen MR) is 129 cm³/mol. The Hall–Kier alpha value is -4.07. The van der Waals surface area contributed by atoms with E-state index in [1.165, 1.54) is 7.11 Å². The molecule has 8 nitrogen and oxygen atoms in total. The molecule has 1 aromatic heterocycles. The van der Waals surface area contributed by atoms with Crippen molar-refractivity contribution in [1.82, 2.24) is 4.98 Å². The Balaban J connectivity index is 1.46. The lowest BCUT2D eigenvalue weighted by Gasteiger charge is -2.30. The minimum absolute atomic E-state index is 0.152. The largest absolute Gasteiger partial charge is 0.490 e. The Morgan fingerprint density at radius 2 is 1.85 bits per heavy atom. The van der Waals surface area contributed by atoms with Gasteiger partial charge in [-0.15, -0.1) is 0 Å². The lowest BCUT2D eigenvalue weighted by atomic mass is 9.95. The van der Waals surface area contributed by atoms with E-state index in [1.54, 1.807) is 31.0 Å². The molecule has 0 spiro atoms. The minimum atomic E-state index is -0.774. The molecule has 1 aliphatic rings. The number of urea groups is 1. The number of amides is 2. The molecule has 0 fully saturated rings. The number of ether oxygens (including phenoxy) is 3. The molecule has 2 amide bonds. The quantitative estimate of drug-likeness (QED) is 0.533. The molecule has 2 aromatic carbocycles. The van der Waals surface area contributed by atoms with Crippen LogP contribution in [0.2, 0.25) is 0 Å². The van der Waals surface area contributed by atoms with E-state index >= 15 is 0 Å². The molecular weight excluding hydrogens is 434 g/mol. The lowest BCUT2D eigenvalue weighted by Crippen LogP contribution is -2.40. The van der Waals surface area contributed by atoms with Gasteiger partial charge in [0.25, 0.3) is 0 Å². The zero-order valence-corrected chi connectivity index (χ0v) is 19.4. The minimum Gasteiger partial charge on any atom is -0.490 e. The number of pyridine rings is 1. The van der Waals surface area contributed by atoms with Crippen molar-refractivity contribution in [1.29, 1.82) is 0 Å². The van der Waals surface area contributed by atoms with Gasteiger partial charge in [-0.25, -0.2) is 9.78 Å². The Bertz CT molecular complexity index is 1160. The highest BCUT2D eigenvalue weighted by Gasteiger charge is 2.30. The zero-order valence-electron chi connectivity index (χ0n) is 19.4. The van der Waals surface area contributed by atoms with Crippen LogP contribution in [0.25, 0.3) is 11.1 Å². The highest BCUT2D eigenvalue weighted by molar-refractivity contribution is 6.03. The standard InChI is InChI=1S/C26H27N3O5/c1-26(2,24(30)32-3)17-34-23-12-10-19(16-27-23)18-9-11-21-22(15-18)33-14-13-29(21)25(31)28-20-7-5-4-6-8-20/h4-12,15-16H,13-14,17H2,1-3H3,(H,28,31). The number of hydrogen-bond acceptors (Lipinski definition) is 6. The molecule has 8 heteroatoms. The third-order valence-electron chi connectivity index (χ3n) is 5.48. The van der Waals surface area contributed by atoms with E-state index in [0.29, 0.717) is 30.5 Å². The Morgan fingerprint density at radius 3 is 2.56 bits per heavy atom. The highest BCUT2D eigenvalue weighted by Crippen LogP contribution is 2.36. The first-order valence-electron chi connectivity index (χ1n) is 11.0. The summed E-state index contributed by atoms with van der Waals surface area (Å²) < 4.78 is 16.3. The van der Waals surface area contributed by atoms with Gasteiger partial charge in [-0.05, 0) is 49.7 Å². The van der Waals surface area contributed by atoms with E-state index in [9.17, 15) is 9.59 Å². The summed E-state index contributed by atoms with van der Waals surface area (Å²) in [6.07, 6.45) is 1.70. The van der Waals surface area contributed by atoms with Gasteiger partial charge in [0, 0.05) is 23.5 Å². The van der Waals surface area contributed by atoms with Crippen LogP contribution in [0.4, 0.5) is 16.2 Å². The maximum absolute atomic E-state index is 12.8. The first-order chi connectivity index (χ1) is 16.4. The van der Waals surface area contributed by atoms with Gasteiger partial charge in [0.05, 0.1) is 24.8 Å². The third kappa shape index (κ3) is 5.11. The number of esters is 1. The Morgan fingerprint density at radius 1 is 1.09 bits per heavy atom. The molecule has 1 N–H and O–H groups in total. The second-order valence-corrected chi connectivity index (χ2v) is 8.53. The van der Waals surface area contributed by atoms with Crippen molar-refractivity contribution in [3.8, 4) is 22.8 Å². The van der Waals surface area contributed by atoms with E-state index in [0.717, 1.165) is 16.8 Å². The molecule has 34 heavy (non-hydrogen) atoms. The van der Waals surface area contributed by atoms with Crippen LogP contribution in [0.1, 0.15) is 13.8 Å². The molecular formula is C26H27N3O5. The fourth-order valence-electron chi connectivity index (χ4n) is 3.55. The summed E-state index contributed by atoms with van der Waals surface area (Å²) in [7, 11) is 1.36. The number of hydrogen-bond donors (Lipinski definition) is 1. The number of rotatable bonds is 6. The second kappa shape index (κ2) is 9.82. The van der Waals surface area contributed by atoms with Crippen LogP contribution in [-0.2, 0) is 9.53 Å². The van der Waals surface area contributed by atoms with E-state index < -0.39 is 5.41 Å². The van der Waals surface area contributed by atoms with Crippen molar-refractivity contribution in [2.45, 2.75) is 13.8 Å². The van der Waals surface area contributed by atoms with Crippen LogP contribution >= 0.6 is 0 Å². The number of fused-ring (bicyclic) bond motifs is 1. The van der Waals surface area contributed by atoms with E-state index in [2.05, 4.69) is 10.3 Å². The van der Waals surface area contributed by atoms with Gasteiger partial charge < -0.3 is 19.5 Å². The lowest BCUT2D eigenvalue weighted by molar-refractivity contribution is -0.152. The maximum Gasteiger partial charge on any atom is 0.326 e. The fourth-order valence-corrected chi connectivity index (χ4v) is 3.55. The SMILES string of the molecule is COC(=O)C(C)(C)COc1ccc(-c2ccc3c(c2)OCCN3C(=O)Nc2ccccc2)cn1. The van der Waals surface area contributed by atoms with Gasteiger partial charge >= 0.3 is 12.0 Å². The molecule has 4 rings (SSSR count). The topological polar surface area (TPSA) is 90.0 Å². The predicted octanol–water partition coefficient (Wildman–Crippen LogP) is 4.76. The van der Waals surface area contributed by atoms with Crippen molar-refractivity contribution in [3.63, 3.8) is 0 Å². The smallest absolute Gasteiger partial charge is 0.326 e. The molecule has 0 aliphatic carbocycles. The number of nitrogens with one attached hydrogen (secondary N) is 1. The highest BCUT2D eigenvalue weighted by atomic mass is 16.5. The first kappa shape index (κ1) is 23.1. The zero-order chi connectivity index (χ0) is 24.1. The number of carbonyl (C=O) groups is 2. The molecule has 0 saturated heterocycles. The van der Waals surface area contributed by atoms with Crippen LogP contribution < -0.4 is 19.7 Å². The summed E-state index contributed by atoms with van der Waals surface area (Å²) in [5.41, 5.74) is 2.45. The van der Waals surface area contributed by atoms with Crippen LogP contribution in [0.5, 0.6) is 11.6 Å². The molecule has 0 atom stereocenters. The Labute approximate surface area is 198 Å². The van der Waals surface area contributed by atoms with E-state index in [1.807, 2.05) is 54.6 Å². The van der Waals surface area contributed by atoms with Gasteiger partial charge in [0.15, 0.2) is 0 Å². The molecule has 0 saturated carbocycles. The van der Waals surface area contributed by atoms with Crippen LogP contribution in [0.15, 0.2) is 66.9 Å².